The van der Waals surface area contributed by atoms with Crippen molar-refractivity contribution >= 4 is 62.4 Å². The Morgan fingerprint density at radius 1 is 1.00 bits per heavy atom. The molecule has 162 valence electrons. The number of nitrogens with one attached hydrogen (secondary N) is 2. The van der Waals surface area contributed by atoms with E-state index in [1.807, 2.05) is 36.4 Å². The first kappa shape index (κ1) is 20.9. The zero-order valence-electron chi connectivity index (χ0n) is 17.0. The molecule has 0 atom stereocenters. The number of aromatic hydroxyl groups is 1. The van der Waals surface area contributed by atoms with E-state index in [2.05, 4.69) is 15.6 Å². The number of benzene rings is 4. The molecule has 0 aliphatic heterocycles. The fraction of sp³-hybridized carbons (Fsp3) is 0. The predicted octanol–water partition coefficient (Wildman–Crippen LogP) is 6.13. The van der Waals surface area contributed by atoms with Crippen LogP contribution in [0.5, 0.6) is 5.75 Å². The van der Waals surface area contributed by atoms with E-state index in [-0.39, 0.29) is 22.7 Å². The maximum Gasteiger partial charge on any atom is 0.258 e. The molecule has 0 bridgehead atoms. The van der Waals surface area contributed by atoms with Crippen LogP contribution in [0.25, 0.3) is 33.3 Å². The molecule has 6 nitrogen and oxygen atoms in total. The summed E-state index contributed by atoms with van der Waals surface area (Å²) >= 11 is 11.3. The SMILES string of the molecule is O=C(NC(=S)Nc1ccc(-c2nc3cc(Cl)ccc3o2)c(O)c1)c1cccc2ccccc12. The third kappa shape index (κ3) is 4.24. The van der Waals surface area contributed by atoms with Gasteiger partial charge in [-0.05, 0) is 59.4 Å². The number of hydrogen-bond acceptors (Lipinski definition) is 5. The second kappa shape index (κ2) is 8.54. The fourth-order valence-electron chi connectivity index (χ4n) is 3.56. The van der Waals surface area contributed by atoms with Crippen molar-refractivity contribution in [3.05, 3.63) is 89.4 Å². The van der Waals surface area contributed by atoms with Gasteiger partial charge in [-0.25, -0.2) is 4.98 Å². The summed E-state index contributed by atoms with van der Waals surface area (Å²) in [5.41, 5.74) is 2.59. The number of phenols is 1. The summed E-state index contributed by atoms with van der Waals surface area (Å²) in [4.78, 5) is 17.1. The number of rotatable bonds is 3. The minimum Gasteiger partial charge on any atom is -0.507 e. The zero-order valence-corrected chi connectivity index (χ0v) is 18.6. The lowest BCUT2D eigenvalue weighted by Crippen LogP contribution is -2.34. The Morgan fingerprint density at radius 2 is 1.82 bits per heavy atom. The van der Waals surface area contributed by atoms with Gasteiger partial charge in [0.1, 0.15) is 11.3 Å². The molecule has 1 aromatic heterocycles. The number of anilines is 1. The second-order valence-electron chi connectivity index (χ2n) is 7.30. The maximum absolute atomic E-state index is 12.8. The minimum atomic E-state index is -0.324. The van der Waals surface area contributed by atoms with Crippen molar-refractivity contribution in [3.8, 4) is 17.2 Å². The van der Waals surface area contributed by atoms with E-state index < -0.39 is 0 Å². The highest BCUT2D eigenvalue weighted by Crippen LogP contribution is 2.33. The van der Waals surface area contributed by atoms with Gasteiger partial charge < -0.3 is 14.8 Å². The Morgan fingerprint density at radius 3 is 2.67 bits per heavy atom. The molecule has 0 aliphatic carbocycles. The number of nitrogens with zero attached hydrogens (tertiary/aromatic N) is 1. The maximum atomic E-state index is 12.8. The van der Waals surface area contributed by atoms with Gasteiger partial charge >= 0.3 is 0 Å². The quantitative estimate of drug-likeness (QED) is 0.273. The summed E-state index contributed by atoms with van der Waals surface area (Å²) < 4.78 is 5.71. The van der Waals surface area contributed by atoms with Gasteiger partial charge in [-0.2, -0.15) is 0 Å². The van der Waals surface area contributed by atoms with Gasteiger partial charge in [-0.15, -0.1) is 0 Å². The molecule has 0 saturated carbocycles. The van der Waals surface area contributed by atoms with E-state index >= 15 is 0 Å². The third-order valence-corrected chi connectivity index (χ3v) is 5.54. The number of phenolic OH excluding ortho intramolecular Hbond substituents is 1. The van der Waals surface area contributed by atoms with Crippen LogP contribution in [0.3, 0.4) is 0 Å². The summed E-state index contributed by atoms with van der Waals surface area (Å²) in [6.07, 6.45) is 0. The van der Waals surface area contributed by atoms with Crippen LogP contribution in [0.4, 0.5) is 5.69 Å². The number of fused-ring (bicyclic) bond motifs is 2. The average molecular weight is 474 g/mol. The van der Waals surface area contributed by atoms with Crippen LogP contribution in [-0.2, 0) is 0 Å². The molecule has 1 amide bonds. The molecule has 5 aromatic rings. The molecule has 3 N–H and O–H groups in total. The van der Waals surface area contributed by atoms with Crippen LogP contribution in [0.1, 0.15) is 10.4 Å². The number of thiocarbonyl (C=S) groups is 1. The monoisotopic (exact) mass is 473 g/mol. The van der Waals surface area contributed by atoms with Crippen LogP contribution in [0.2, 0.25) is 5.02 Å². The zero-order chi connectivity index (χ0) is 22.9. The summed E-state index contributed by atoms with van der Waals surface area (Å²) in [5.74, 6) is -0.112. The molecule has 0 spiro atoms. The van der Waals surface area contributed by atoms with Gasteiger partial charge in [-0.1, -0.05) is 48.0 Å². The Hall–Kier alpha value is -3.94. The number of halogens is 1. The lowest BCUT2D eigenvalue weighted by Gasteiger charge is -2.12. The van der Waals surface area contributed by atoms with Crippen molar-refractivity contribution in [1.82, 2.24) is 10.3 Å². The predicted molar refractivity (Wildman–Crippen MR) is 134 cm³/mol. The number of amides is 1. The molecule has 0 aliphatic rings. The number of aromatic nitrogens is 1. The van der Waals surface area contributed by atoms with Gasteiger partial charge in [-0.3, -0.25) is 10.1 Å². The topological polar surface area (TPSA) is 87.4 Å². The summed E-state index contributed by atoms with van der Waals surface area (Å²) in [5, 5.41) is 18.6. The molecule has 0 fully saturated rings. The first-order valence-corrected chi connectivity index (χ1v) is 10.8. The summed E-state index contributed by atoms with van der Waals surface area (Å²) in [7, 11) is 0. The number of oxazole rings is 1. The average Bonchev–Trinajstić information content (AvgIpc) is 3.21. The highest BCUT2D eigenvalue weighted by Gasteiger charge is 2.15. The molecule has 4 aromatic carbocycles. The van der Waals surface area contributed by atoms with E-state index in [1.165, 1.54) is 6.07 Å². The second-order valence-corrected chi connectivity index (χ2v) is 8.14. The van der Waals surface area contributed by atoms with Gasteiger partial charge in [0.25, 0.3) is 5.91 Å². The Bertz CT molecular complexity index is 1540. The minimum absolute atomic E-state index is 0.0548. The van der Waals surface area contributed by atoms with Crippen LogP contribution in [-0.4, -0.2) is 21.1 Å². The van der Waals surface area contributed by atoms with Crippen molar-refractivity contribution in [1.29, 1.82) is 0 Å². The first-order valence-electron chi connectivity index (χ1n) is 9.97. The molecular formula is C25H16ClN3O3S. The lowest BCUT2D eigenvalue weighted by atomic mass is 10.0. The fourth-order valence-corrected chi connectivity index (χ4v) is 3.94. The van der Waals surface area contributed by atoms with Crippen molar-refractivity contribution in [2.75, 3.05) is 5.32 Å². The smallest absolute Gasteiger partial charge is 0.258 e. The molecule has 0 radical (unpaired) electrons. The van der Waals surface area contributed by atoms with Crippen LogP contribution >= 0.6 is 23.8 Å². The van der Waals surface area contributed by atoms with E-state index in [9.17, 15) is 9.90 Å². The largest absolute Gasteiger partial charge is 0.507 e. The van der Waals surface area contributed by atoms with Gasteiger partial charge in [0.15, 0.2) is 10.7 Å². The van der Waals surface area contributed by atoms with Gasteiger partial charge in [0.2, 0.25) is 5.89 Å². The molecule has 8 heteroatoms. The molecule has 0 unspecified atom stereocenters. The van der Waals surface area contributed by atoms with Crippen LogP contribution in [0, 0.1) is 0 Å². The van der Waals surface area contributed by atoms with E-state index in [0.29, 0.717) is 32.9 Å². The molecular weight excluding hydrogens is 458 g/mol. The molecule has 1 heterocycles. The summed E-state index contributed by atoms with van der Waals surface area (Å²) in [6.45, 7) is 0. The van der Waals surface area contributed by atoms with Crippen molar-refractivity contribution in [2.45, 2.75) is 0 Å². The highest BCUT2D eigenvalue weighted by molar-refractivity contribution is 7.80. The lowest BCUT2D eigenvalue weighted by molar-refractivity contribution is 0.0979. The molecule has 0 saturated heterocycles. The van der Waals surface area contributed by atoms with Gasteiger partial charge in [0.05, 0.1) is 5.56 Å². The molecule has 5 rings (SSSR count). The Kier molecular flexibility index (Phi) is 5.42. The van der Waals surface area contributed by atoms with Gasteiger partial charge in [0, 0.05) is 22.3 Å². The first-order chi connectivity index (χ1) is 16.0. The van der Waals surface area contributed by atoms with Crippen molar-refractivity contribution in [2.24, 2.45) is 0 Å². The Labute approximate surface area is 198 Å². The van der Waals surface area contributed by atoms with E-state index in [4.69, 9.17) is 28.2 Å². The number of carbonyl (C=O) groups excluding carboxylic acids is 1. The Balaban J connectivity index is 1.32. The van der Waals surface area contributed by atoms with E-state index in [1.54, 1.807) is 36.4 Å². The number of hydrogen-bond donors (Lipinski definition) is 3. The van der Waals surface area contributed by atoms with Crippen LogP contribution < -0.4 is 10.6 Å². The molecule has 33 heavy (non-hydrogen) atoms. The summed E-state index contributed by atoms with van der Waals surface area (Å²) in [6, 6.07) is 23.1. The third-order valence-electron chi connectivity index (χ3n) is 5.10. The van der Waals surface area contributed by atoms with Crippen molar-refractivity contribution in [3.63, 3.8) is 0 Å². The van der Waals surface area contributed by atoms with Crippen LogP contribution in [0.15, 0.2) is 83.3 Å². The standard InChI is InChI=1S/C25H16ClN3O3S/c26-15-8-11-22-20(12-15)28-24(32-22)19-10-9-16(13-21(19)30)27-25(33)29-23(31)18-7-3-5-14-4-1-2-6-17(14)18/h1-13,30H,(H2,27,29,31,33). The van der Waals surface area contributed by atoms with E-state index in [0.717, 1.165) is 10.8 Å². The normalized spacial score (nSPS) is 10.9. The highest BCUT2D eigenvalue weighted by atomic mass is 35.5. The van der Waals surface area contributed by atoms with Crippen molar-refractivity contribution < 1.29 is 14.3 Å². The number of carbonyl (C=O) groups is 1.